The molecule has 0 unspecified atom stereocenters. The molecule has 5 heteroatoms. The number of thiophene rings is 1. The van der Waals surface area contributed by atoms with Crippen molar-refractivity contribution in [2.24, 2.45) is 0 Å². The molecule has 0 atom stereocenters. The molecule has 0 aliphatic heterocycles. The molecule has 0 N–H and O–H groups in total. The molecule has 4 nitrogen and oxygen atoms in total. The summed E-state index contributed by atoms with van der Waals surface area (Å²) in [6.45, 7) is 4.00. The zero-order valence-corrected chi connectivity index (χ0v) is 36.1. The second-order valence-electron chi connectivity index (χ2n) is 16.0. The van der Waals surface area contributed by atoms with Gasteiger partial charge in [0.05, 0.1) is 11.0 Å². The Morgan fingerprint density at radius 2 is 0.938 bits per heavy atom. The Morgan fingerprint density at radius 1 is 0.375 bits per heavy atom. The maximum atomic E-state index is 5.43. The SMILES string of the molecule is CC.c1ccc(-c2ccc(-c3nc(-c4ccc5ccccc5c4)nc(-n4c5cc6ccccc6cc5c5cccc(-c6cccc7c6sc6ccc8ccccc8c67)c54)n3)cc2)cc1. The molecule has 0 radical (unpaired) electrons. The first-order valence-electron chi connectivity index (χ1n) is 21.9. The molecular weight excluding hydrogens is 797 g/mol. The van der Waals surface area contributed by atoms with Crippen LogP contribution in [0.4, 0.5) is 0 Å². The molecule has 0 fully saturated rings. The predicted octanol–water partition coefficient (Wildman–Crippen LogP) is 16.5. The topological polar surface area (TPSA) is 43.6 Å². The van der Waals surface area contributed by atoms with Gasteiger partial charge in [0.25, 0.3) is 0 Å². The minimum Gasteiger partial charge on any atom is -0.277 e. The zero-order chi connectivity index (χ0) is 42.7. The monoisotopic (exact) mass is 836 g/mol. The van der Waals surface area contributed by atoms with Gasteiger partial charge in [0.1, 0.15) is 0 Å². The first-order valence-corrected chi connectivity index (χ1v) is 22.7. The van der Waals surface area contributed by atoms with Crippen molar-refractivity contribution in [1.29, 1.82) is 0 Å². The lowest BCUT2D eigenvalue weighted by Gasteiger charge is -2.14. The number of benzene rings is 10. The van der Waals surface area contributed by atoms with Crippen molar-refractivity contribution in [3.05, 3.63) is 206 Å². The number of hydrogen-bond donors (Lipinski definition) is 0. The van der Waals surface area contributed by atoms with Crippen LogP contribution in [0.15, 0.2) is 206 Å². The number of aromatic nitrogens is 4. The molecular formula is C59H40N4S. The van der Waals surface area contributed by atoms with Crippen LogP contribution in [0.3, 0.4) is 0 Å². The van der Waals surface area contributed by atoms with Gasteiger partial charge in [-0.15, -0.1) is 11.3 Å². The van der Waals surface area contributed by atoms with Crippen molar-refractivity contribution in [3.63, 3.8) is 0 Å². The van der Waals surface area contributed by atoms with E-state index in [0.717, 1.165) is 54.8 Å². The van der Waals surface area contributed by atoms with E-state index in [4.69, 9.17) is 15.0 Å². The third kappa shape index (κ3) is 6.16. The van der Waals surface area contributed by atoms with Crippen LogP contribution in [-0.4, -0.2) is 19.5 Å². The maximum Gasteiger partial charge on any atom is 0.238 e. The minimum atomic E-state index is 0.572. The van der Waals surface area contributed by atoms with Gasteiger partial charge in [0, 0.05) is 53.2 Å². The van der Waals surface area contributed by atoms with Gasteiger partial charge in [0.2, 0.25) is 5.95 Å². The van der Waals surface area contributed by atoms with Crippen molar-refractivity contribution in [2.75, 3.05) is 0 Å². The lowest BCUT2D eigenvalue weighted by molar-refractivity contribution is 0.954. The molecule has 0 aliphatic carbocycles. The molecule has 13 aromatic rings. The summed E-state index contributed by atoms with van der Waals surface area (Å²) >= 11 is 1.87. The molecule has 13 rings (SSSR count). The molecule has 3 aromatic heterocycles. The van der Waals surface area contributed by atoms with Crippen molar-refractivity contribution in [3.8, 4) is 51.0 Å². The summed E-state index contributed by atoms with van der Waals surface area (Å²) in [5.41, 5.74) is 8.58. The predicted molar refractivity (Wildman–Crippen MR) is 273 cm³/mol. The number of fused-ring (bicyclic) bond motifs is 10. The van der Waals surface area contributed by atoms with Gasteiger partial charge in [-0.3, -0.25) is 4.57 Å². The van der Waals surface area contributed by atoms with Gasteiger partial charge >= 0.3 is 0 Å². The largest absolute Gasteiger partial charge is 0.277 e. The molecule has 0 saturated carbocycles. The highest BCUT2D eigenvalue weighted by atomic mass is 32.1. The summed E-state index contributed by atoms with van der Waals surface area (Å²) in [5, 5.41) is 12.1. The molecule has 64 heavy (non-hydrogen) atoms. The van der Waals surface area contributed by atoms with E-state index in [-0.39, 0.29) is 0 Å². The van der Waals surface area contributed by atoms with E-state index >= 15 is 0 Å². The van der Waals surface area contributed by atoms with Crippen LogP contribution in [0.2, 0.25) is 0 Å². The minimum absolute atomic E-state index is 0.572. The highest BCUT2D eigenvalue weighted by Crippen LogP contribution is 2.46. The fourth-order valence-corrected chi connectivity index (χ4v) is 10.7. The van der Waals surface area contributed by atoms with E-state index in [1.54, 1.807) is 0 Å². The molecule has 3 heterocycles. The summed E-state index contributed by atoms with van der Waals surface area (Å²) in [6, 6.07) is 73.9. The molecule has 302 valence electrons. The van der Waals surface area contributed by atoms with E-state index in [1.807, 2.05) is 31.3 Å². The van der Waals surface area contributed by atoms with Crippen molar-refractivity contribution >= 4 is 85.6 Å². The highest BCUT2D eigenvalue weighted by Gasteiger charge is 2.23. The van der Waals surface area contributed by atoms with Gasteiger partial charge < -0.3 is 0 Å². The fourth-order valence-electron chi connectivity index (χ4n) is 9.45. The van der Waals surface area contributed by atoms with Crippen LogP contribution in [0.25, 0.3) is 125 Å². The van der Waals surface area contributed by atoms with Crippen molar-refractivity contribution < 1.29 is 0 Å². The lowest BCUT2D eigenvalue weighted by atomic mass is 9.98. The Hall–Kier alpha value is -7.99. The van der Waals surface area contributed by atoms with Crippen LogP contribution in [0, 0.1) is 0 Å². The first-order chi connectivity index (χ1) is 31.7. The summed E-state index contributed by atoms with van der Waals surface area (Å²) in [4.78, 5) is 16.1. The van der Waals surface area contributed by atoms with Crippen LogP contribution in [-0.2, 0) is 0 Å². The second-order valence-corrected chi connectivity index (χ2v) is 17.0. The quantitative estimate of drug-likeness (QED) is 0.173. The molecule has 0 bridgehead atoms. The zero-order valence-electron chi connectivity index (χ0n) is 35.3. The van der Waals surface area contributed by atoms with E-state index in [2.05, 4.69) is 205 Å². The maximum absolute atomic E-state index is 5.43. The number of para-hydroxylation sites is 1. The van der Waals surface area contributed by atoms with Crippen LogP contribution >= 0.6 is 11.3 Å². The average molecular weight is 837 g/mol. The highest BCUT2D eigenvalue weighted by molar-refractivity contribution is 7.26. The van der Waals surface area contributed by atoms with E-state index < -0.39 is 0 Å². The van der Waals surface area contributed by atoms with Gasteiger partial charge in [-0.2, -0.15) is 9.97 Å². The van der Waals surface area contributed by atoms with Crippen molar-refractivity contribution in [1.82, 2.24) is 19.5 Å². The standard InChI is InChI=1S/C57H34N4S.C2H6/c1-2-12-35(13-3-1)37-24-27-39(28-25-37)55-58-56(43-29-26-36-14-4-5-16-40(36)32-43)60-57(59-55)61-50-34-42-18-7-6-17-41(42)33-49(50)46-21-10-20-45(53(46)61)47-22-11-23-48-52-44-19-9-8-15-38(44)30-31-51(52)62-54(47)48;1-2/h1-34H;1-2H3. The molecule has 0 amide bonds. The third-order valence-corrected chi connectivity index (χ3v) is 13.6. The smallest absolute Gasteiger partial charge is 0.238 e. The first kappa shape index (κ1) is 37.7. The van der Waals surface area contributed by atoms with Gasteiger partial charge in [-0.05, 0) is 67.7 Å². The van der Waals surface area contributed by atoms with Gasteiger partial charge in [-0.1, -0.05) is 196 Å². The summed E-state index contributed by atoms with van der Waals surface area (Å²) in [5.74, 6) is 1.81. The van der Waals surface area contributed by atoms with Crippen LogP contribution < -0.4 is 0 Å². The molecule has 0 spiro atoms. The normalized spacial score (nSPS) is 11.6. The average Bonchev–Trinajstić information content (AvgIpc) is 3.92. The number of hydrogen-bond acceptors (Lipinski definition) is 4. The van der Waals surface area contributed by atoms with E-state index in [9.17, 15) is 0 Å². The van der Waals surface area contributed by atoms with E-state index in [1.165, 1.54) is 52.8 Å². The fraction of sp³-hybridized carbons (Fsp3) is 0.0339. The van der Waals surface area contributed by atoms with Gasteiger partial charge in [-0.25, -0.2) is 4.98 Å². The lowest BCUT2D eigenvalue weighted by Crippen LogP contribution is -2.07. The molecule has 0 saturated heterocycles. The molecule has 0 aliphatic rings. The molecule has 10 aromatic carbocycles. The summed E-state index contributed by atoms with van der Waals surface area (Å²) < 4.78 is 4.84. The Kier molecular flexibility index (Phi) is 9.09. The van der Waals surface area contributed by atoms with E-state index in [0.29, 0.717) is 17.6 Å². The number of nitrogens with zero attached hydrogens (tertiary/aromatic N) is 4. The van der Waals surface area contributed by atoms with Crippen LogP contribution in [0.5, 0.6) is 0 Å². The Balaban J connectivity index is 0.00000214. The Morgan fingerprint density at radius 3 is 1.72 bits per heavy atom. The Labute approximate surface area is 374 Å². The third-order valence-electron chi connectivity index (χ3n) is 12.4. The van der Waals surface area contributed by atoms with Crippen LogP contribution in [0.1, 0.15) is 13.8 Å². The Bertz CT molecular complexity index is 3920. The second kappa shape index (κ2) is 15.4. The summed E-state index contributed by atoms with van der Waals surface area (Å²) in [7, 11) is 0. The number of rotatable bonds is 5. The van der Waals surface area contributed by atoms with Crippen molar-refractivity contribution in [2.45, 2.75) is 13.8 Å². The summed E-state index contributed by atoms with van der Waals surface area (Å²) in [6.07, 6.45) is 0. The van der Waals surface area contributed by atoms with Gasteiger partial charge in [0.15, 0.2) is 11.6 Å².